The number of ether oxygens (including phenoxy) is 1. The first-order chi connectivity index (χ1) is 15.0. The monoisotopic (exact) mass is 440 g/mol. The van der Waals surface area contributed by atoms with Crippen molar-refractivity contribution in [3.05, 3.63) is 23.3 Å². The summed E-state index contributed by atoms with van der Waals surface area (Å²) >= 11 is 0. The van der Waals surface area contributed by atoms with Crippen molar-refractivity contribution in [3.8, 4) is 0 Å². The van der Waals surface area contributed by atoms with Crippen LogP contribution in [0, 0.1) is 39.9 Å². The van der Waals surface area contributed by atoms with Crippen molar-refractivity contribution < 1.29 is 9.53 Å². The number of rotatable bonds is 5. The number of allylic oxidation sites excluding steroid dienone is 4. The van der Waals surface area contributed by atoms with Crippen molar-refractivity contribution in [1.29, 1.82) is 0 Å². The van der Waals surface area contributed by atoms with E-state index in [2.05, 4.69) is 53.7 Å². The van der Waals surface area contributed by atoms with Gasteiger partial charge >= 0.3 is 5.97 Å². The molecule has 180 valence electrons. The highest BCUT2D eigenvalue weighted by Crippen LogP contribution is 2.72. The van der Waals surface area contributed by atoms with Crippen molar-refractivity contribution in [2.45, 2.75) is 119 Å². The number of carbonyl (C=O) groups is 1. The quantitative estimate of drug-likeness (QED) is 0.317. The zero-order chi connectivity index (χ0) is 23.3. The van der Waals surface area contributed by atoms with E-state index < -0.39 is 0 Å². The molecule has 0 bridgehead atoms. The summed E-state index contributed by atoms with van der Waals surface area (Å²) in [5.74, 6) is 2.95. The van der Waals surface area contributed by atoms with Crippen molar-refractivity contribution in [2.75, 3.05) is 0 Å². The van der Waals surface area contributed by atoms with Crippen LogP contribution in [0.3, 0.4) is 0 Å². The number of esters is 1. The molecule has 0 amide bonds. The standard InChI is InChI=1S/C30H48O2/c1-20(2)9-8-10-21(3)25-14-17-30(7)27-12-11-23-19-24(32-22(4)31)13-16-28(23,5)26(27)15-18-29(25,30)6/h9,12,21,23-26H,8,10-11,13-19H2,1-7H3. The van der Waals surface area contributed by atoms with Crippen LogP contribution in [0.1, 0.15) is 113 Å². The predicted octanol–water partition coefficient (Wildman–Crippen LogP) is 8.27. The molecule has 4 aliphatic carbocycles. The number of carbonyl (C=O) groups excluding carboxylic acids is 1. The van der Waals surface area contributed by atoms with Gasteiger partial charge in [-0.2, -0.15) is 0 Å². The van der Waals surface area contributed by atoms with E-state index >= 15 is 0 Å². The SMILES string of the molecule is CC(=O)OC1CCC2(C)C(CC=C3C2CCC2(C)C(C(C)CCC=C(C)C)CCC32C)C1. The minimum atomic E-state index is -0.109. The molecule has 8 unspecified atom stereocenters. The predicted molar refractivity (Wildman–Crippen MR) is 133 cm³/mol. The second kappa shape index (κ2) is 8.62. The van der Waals surface area contributed by atoms with E-state index in [1.165, 1.54) is 56.9 Å². The van der Waals surface area contributed by atoms with Crippen LogP contribution in [-0.2, 0) is 9.53 Å². The van der Waals surface area contributed by atoms with Gasteiger partial charge in [-0.3, -0.25) is 4.79 Å². The average Bonchev–Trinajstić information content (AvgIpc) is 2.99. The molecule has 4 rings (SSSR count). The van der Waals surface area contributed by atoms with Crippen molar-refractivity contribution >= 4 is 5.97 Å². The lowest BCUT2D eigenvalue weighted by Crippen LogP contribution is -2.53. The number of hydrogen-bond donors (Lipinski definition) is 0. The maximum Gasteiger partial charge on any atom is 0.302 e. The summed E-state index contributed by atoms with van der Waals surface area (Å²) in [7, 11) is 0. The van der Waals surface area contributed by atoms with E-state index in [9.17, 15) is 4.79 Å². The molecular formula is C30H48O2. The minimum Gasteiger partial charge on any atom is -0.463 e. The molecule has 3 saturated carbocycles. The van der Waals surface area contributed by atoms with Gasteiger partial charge < -0.3 is 4.74 Å². The van der Waals surface area contributed by atoms with E-state index in [1.807, 2.05) is 5.57 Å². The molecule has 0 saturated heterocycles. The van der Waals surface area contributed by atoms with Gasteiger partial charge in [-0.15, -0.1) is 0 Å². The molecule has 8 atom stereocenters. The third-order valence-corrected chi connectivity index (χ3v) is 11.1. The van der Waals surface area contributed by atoms with Gasteiger partial charge in [-0.05, 0) is 118 Å². The van der Waals surface area contributed by atoms with E-state index in [-0.39, 0.29) is 12.1 Å². The van der Waals surface area contributed by atoms with Crippen LogP contribution in [0.2, 0.25) is 0 Å². The molecule has 0 aromatic carbocycles. The molecule has 0 aromatic rings. The Kier molecular flexibility index (Phi) is 6.49. The lowest BCUT2D eigenvalue weighted by atomic mass is 9.43. The molecule has 0 aromatic heterocycles. The van der Waals surface area contributed by atoms with E-state index in [4.69, 9.17) is 4.74 Å². The van der Waals surface area contributed by atoms with Gasteiger partial charge in [0.15, 0.2) is 0 Å². The topological polar surface area (TPSA) is 26.3 Å². The second-order valence-corrected chi connectivity index (χ2v) is 12.9. The van der Waals surface area contributed by atoms with Crippen LogP contribution in [0.25, 0.3) is 0 Å². The Morgan fingerprint density at radius 2 is 1.88 bits per heavy atom. The van der Waals surface area contributed by atoms with Crippen LogP contribution in [0.15, 0.2) is 23.3 Å². The fourth-order valence-electron chi connectivity index (χ4n) is 8.99. The molecule has 0 spiro atoms. The van der Waals surface area contributed by atoms with Gasteiger partial charge in [0.25, 0.3) is 0 Å². The fourth-order valence-corrected chi connectivity index (χ4v) is 8.99. The highest BCUT2D eigenvalue weighted by Gasteiger charge is 2.63. The Morgan fingerprint density at radius 1 is 1.12 bits per heavy atom. The smallest absolute Gasteiger partial charge is 0.302 e. The maximum atomic E-state index is 11.5. The van der Waals surface area contributed by atoms with Crippen LogP contribution in [-0.4, -0.2) is 12.1 Å². The molecule has 2 nitrogen and oxygen atoms in total. The van der Waals surface area contributed by atoms with Crippen molar-refractivity contribution in [2.24, 2.45) is 39.9 Å². The molecule has 32 heavy (non-hydrogen) atoms. The summed E-state index contributed by atoms with van der Waals surface area (Å²) in [6.45, 7) is 16.4. The van der Waals surface area contributed by atoms with Crippen LogP contribution < -0.4 is 0 Å². The molecular weight excluding hydrogens is 392 g/mol. The molecule has 0 heterocycles. The first kappa shape index (κ1) is 24.1. The van der Waals surface area contributed by atoms with Gasteiger partial charge in [0.2, 0.25) is 0 Å². The molecule has 0 N–H and O–H groups in total. The zero-order valence-corrected chi connectivity index (χ0v) is 21.9. The average molecular weight is 441 g/mol. The van der Waals surface area contributed by atoms with E-state index in [0.717, 1.165) is 30.6 Å². The largest absolute Gasteiger partial charge is 0.463 e. The van der Waals surface area contributed by atoms with Crippen LogP contribution in [0.4, 0.5) is 0 Å². The summed E-state index contributed by atoms with van der Waals surface area (Å²) < 4.78 is 5.65. The first-order valence-corrected chi connectivity index (χ1v) is 13.5. The van der Waals surface area contributed by atoms with Crippen molar-refractivity contribution in [1.82, 2.24) is 0 Å². The fraction of sp³-hybridized carbons (Fsp3) is 0.833. The molecule has 3 fully saturated rings. The summed E-state index contributed by atoms with van der Waals surface area (Å²) in [4.78, 5) is 11.5. The van der Waals surface area contributed by atoms with Gasteiger partial charge in [0.1, 0.15) is 6.10 Å². The van der Waals surface area contributed by atoms with Gasteiger partial charge in [0, 0.05) is 6.92 Å². The Balaban J connectivity index is 1.55. The van der Waals surface area contributed by atoms with E-state index in [0.29, 0.717) is 22.2 Å². The number of fused-ring (bicyclic) bond motifs is 5. The van der Waals surface area contributed by atoms with E-state index in [1.54, 1.807) is 6.92 Å². The summed E-state index contributed by atoms with van der Waals surface area (Å²) in [6.07, 6.45) is 17.9. The normalized spacial score (nSPS) is 43.9. The summed E-state index contributed by atoms with van der Waals surface area (Å²) in [6, 6.07) is 0. The second-order valence-electron chi connectivity index (χ2n) is 12.9. The lowest BCUT2D eigenvalue weighted by molar-refractivity contribution is -0.152. The highest BCUT2D eigenvalue weighted by molar-refractivity contribution is 5.66. The Bertz CT molecular complexity index is 789. The maximum absolute atomic E-state index is 11.5. The number of hydrogen-bond acceptors (Lipinski definition) is 2. The van der Waals surface area contributed by atoms with Gasteiger partial charge in [-0.1, -0.05) is 51.0 Å². The molecule has 0 aliphatic heterocycles. The first-order valence-electron chi connectivity index (χ1n) is 13.5. The van der Waals surface area contributed by atoms with Crippen molar-refractivity contribution in [3.63, 3.8) is 0 Å². The Hall–Kier alpha value is -1.05. The Morgan fingerprint density at radius 3 is 2.56 bits per heavy atom. The highest BCUT2D eigenvalue weighted by atomic mass is 16.5. The third kappa shape index (κ3) is 3.82. The van der Waals surface area contributed by atoms with Crippen LogP contribution >= 0.6 is 0 Å². The third-order valence-electron chi connectivity index (χ3n) is 11.1. The van der Waals surface area contributed by atoms with Gasteiger partial charge in [-0.25, -0.2) is 0 Å². The zero-order valence-electron chi connectivity index (χ0n) is 21.9. The van der Waals surface area contributed by atoms with Gasteiger partial charge in [0.05, 0.1) is 0 Å². The molecule has 0 radical (unpaired) electrons. The van der Waals surface area contributed by atoms with Crippen LogP contribution in [0.5, 0.6) is 0 Å². The molecule has 2 heteroatoms. The Labute approximate surface area is 197 Å². The molecule has 4 aliphatic rings. The minimum absolute atomic E-state index is 0.109. The summed E-state index contributed by atoms with van der Waals surface area (Å²) in [5, 5.41) is 0. The lowest BCUT2D eigenvalue weighted by Gasteiger charge is -2.61. The summed E-state index contributed by atoms with van der Waals surface area (Å²) in [5.41, 5.74) is 4.48.